The van der Waals surface area contributed by atoms with Crippen LogP contribution in [0.4, 0.5) is 16.5 Å². The topological polar surface area (TPSA) is 72.5 Å². The van der Waals surface area contributed by atoms with E-state index in [9.17, 15) is 4.79 Å². The fraction of sp³-hybridized carbons (Fsp3) is 0.158. The highest BCUT2D eigenvalue weighted by Gasteiger charge is 2.14. The van der Waals surface area contributed by atoms with Gasteiger partial charge in [-0.05, 0) is 49.4 Å². The number of carbonyl (C=O) groups is 1. The minimum absolute atomic E-state index is 0.301. The molecule has 140 valence electrons. The zero-order chi connectivity index (χ0) is 19.2. The third kappa shape index (κ3) is 4.90. The molecule has 2 aromatic carbocycles. The molecule has 1 aromatic heterocycles. The number of aromatic nitrogens is 1. The number of anilines is 3. The Hall–Kier alpha value is -2.77. The van der Waals surface area contributed by atoms with Gasteiger partial charge in [0.25, 0.3) is 5.91 Å². The molecule has 1 heterocycles. The van der Waals surface area contributed by atoms with Crippen molar-refractivity contribution in [3.05, 3.63) is 58.6 Å². The van der Waals surface area contributed by atoms with Crippen molar-refractivity contribution < 1.29 is 14.3 Å². The van der Waals surface area contributed by atoms with Crippen LogP contribution in [0.25, 0.3) is 0 Å². The number of carbonyl (C=O) groups excluding carboxylic acids is 1. The molecule has 3 rings (SSSR count). The van der Waals surface area contributed by atoms with Crippen LogP contribution < -0.4 is 20.1 Å². The lowest BCUT2D eigenvalue weighted by Gasteiger charge is -2.09. The number of methoxy groups -OCH3 is 1. The van der Waals surface area contributed by atoms with Gasteiger partial charge in [-0.3, -0.25) is 4.79 Å². The molecule has 2 N–H and O–H groups in total. The molecule has 0 fully saturated rings. The molecule has 0 saturated carbocycles. The van der Waals surface area contributed by atoms with Gasteiger partial charge in [-0.1, -0.05) is 11.6 Å². The molecule has 0 aliphatic carbocycles. The maximum atomic E-state index is 12.5. The Balaban J connectivity index is 1.68. The van der Waals surface area contributed by atoms with E-state index in [0.29, 0.717) is 33.9 Å². The van der Waals surface area contributed by atoms with Gasteiger partial charge in [0.1, 0.15) is 17.2 Å². The maximum absolute atomic E-state index is 12.5. The Kier molecular flexibility index (Phi) is 6.16. The summed E-state index contributed by atoms with van der Waals surface area (Å²) >= 11 is 7.33. The van der Waals surface area contributed by atoms with Gasteiger partial charge >= 0.3 is 0 Å². The van der Waals surface area contributed by atoms with Gasteiger partial charge < -0.3 is 20.1 Å². The third-order valence-electron chi connectivity index (χ3n) is 3.56. The number of ether oxygens (including phenoxy) is 2. The van der Waals surface area contributed by atoms with E-state index < -0.39 is 0 Å². The number of nitrogens with zero attached hydrogens (tertiary/aromatic N) is 1. The van der Waals surface area contributed by atoms with Gasteiger partial charge in [0.05, 0.1) is 19.4 Å². The predicted molar refractivity (Wildman–Crippen MR) is 109 cm³/mol. The van der Waals surface area contributed by atoms with Crippen LogP contribution in [-0.2, 0) is 0 Å². The van der Waals surface area contributed by atoms with Crippen LogP contribution in [-0.4, -0.2) is 24.6 Å². The fourth-order valence-electron chi connectivity index (χ4n) is 2.32. The van der Waals surface area contributed by atoms with Crippen molar-refractivity contribution in [2.45, 2.75) is 6.92 Å². The van der Waals surface area contributed by atoms with Gasteiger partial charge in [-0.25, -0.2) is 4.98 Å². The summed E-state index contributed by atoms with van der Waals surface area (Å²) < 4.78 is 10.7. The normalized spacial score (nSPS) is 10.3. The van der Waals surface area contributed by atoms with Crippen molar-refractivity contribution in [2.24, 2.45) is 0 Å². The van der Waals surface area contributed by atoms with E-state index in [2.05, 4.69) is 15.6 Å². The largest absolute Gasteiger partial charge is 0.495 e. The maximum Gasteiger partial charge on any atom is 0.275 e. The second-order valence-electron chi connectivity index (χ2n) is 5.42. The van der Waals surface area contributed by atoms with Crippen molar-refractivity contribution in [3.63, 3.8) is 0 Å². The van der Waals surface area contributed by atoms with E-state index in [0.717, 1.165) is 11.4 Å². The highest BCUT2D eigenvalue weighted by atomic mass is 35.5. The smallest absolute Gasteiger partial charge is 0.275 e. The molecule has 1 amide bonds. The molecule has 6 nitrogen and oxygen atoms in total. The lowest BCUT2D eigenvalue weighted by molar-refractivity contribution is 0.102. The molecule has 3 aromatic rings. The van der Waals surface area contributed by atoms with Crippen molar-refractivity contribution in [1.29, 1.82) is 0 Å². The summed E-state index contributed by atoms with van der Waals surface area (Å²) in [5, 5.41) is 8.74. The summed E-state index contributed by atoms with van der Waals surface area (Å²) in [6.45, 7) is 2.56. The van der Waals surface area contributed by atoms with Crippen molar-refractivity contribution in [1.82, 2.24) is 4.98 Å². The van der Waals surface area contributed by atoms with Gasteiger partial charge in [0.15, 0.2) is 5.13 Å². The van der Waals surface area contributed by atoms with Gasteiger partial charge in [0.2, 0.25) is 0 Å². The first-order chi connectivity index (χ1) is 13.1. The zero-order valence-corrected chi connectivity index (χ0v) is 16.4. The highest BCUT2D eigenvalue weighted by molar-refractivity contribution is 7.14. The van der Waals surface area contributed by atoms with Gasteiger partial charge in [0, 0.05) is 16.1 Å². The van der Waals surface area contributed by atoms with E-state index in [1.54, 1.807) is 23.6 Å². The first kappa shape index (κ1) is 19.0. The molecule has 0 atom stereocenters. The van der Waals surface area contributed by atoms with E-state index in [1.165, 1.54) is 18.4 Å². The van der Waals surface area contributed by atoms with E-state index in [4.69, 9.17) is 21.1 Å². The number of nitrogens with one attached hydrogen (secondary N) is 2. The fourth-order valence-corrected chi connectivity index (χ4v) is 3.21. The summed E-state index contributed by atoms with van der Waals surface area (Å²) in [5.74, 6) is 0.986. The summed E-state index contributed by atoms with van der Waals surface area (Å²) in [6.07, 6.45) is 0. The first-order valence-corrected chi connectivity index (χ1v) is 9.45. The lowest BCUT2D eigenvalue weighted by atomic mass is 10.3. The van der Waals surface area contributed by atoms with Crippen LogP contribution in [0, 0.1) is 0 Å². The molecule has 0 unspecified atom stereocenters. The van der Waals surface area contributed by atoms with Gasteiger partial charge in [-0.2, -0.15) is 0 Å². The Labute approximate surface area is 166 Å². The molecule has 8 heteroatoms. The van der Waals surface area contributed by atoms with Crippen LogP contribution >= 0.6 is 22.9 Å². The predicted octanol–water partition coefficient (Wildman–Crippen LogP) is 5.20. The van der Waals surface area contributed by atoms with Crippen molar-refractivity contribution >= 4 is 45.4 Å². The minimum atomic E-state index is -0.341. The van der Waals surface area contributed by atoms with Crippen molar-refractivity contribution in [2.75, 3.05) is 24.4 Å². The number of hydrogen-bond donors (Lipinski definition) is 2. The highest BCUT2D eigenvalue weighted by Crippen LogP contribution is 2.29. The number of hydrogen-bond acceptors (Lipinski definition) is 6. The monoisotopic (exact) mass is 403 g/mol. The Morgan fingerprint density at radius 1 is 1.22 bits per heavy atom. The minimum Gasteiger partial charge on any atom is -0.495 e. The van der Waals surface area contributed by atoms with Crippen LogP contribution in [0.15, 0.2) is 47.8 Å². The Morgan fingerprint density at radius 3 is 2.70 bits per heavy atom. The summed E-state index contributed by atoms with van der Waals surface area (Å²) in [7, 11) is 1.53. The number of amides is 1. The number of thiazole rings is 1. The van der Waals surface area contributed by atoms with E-state index >= 15 is 0 Å². The number of rotatable bonds is 7. The van der Waals surface area contributed by atoms with Crippen LogP contribution in [0.5, 0.6) is 11.5 Å². The van der Waals surface area contributed by atoms with E-state index in [1.807, 2.05) is 31.2 Å². The standard InChI is InChI=1S/C19H18ClN3O3S/c1-3-26-14-7-5-13(6-8-14)21-19-23-16(11-27-19)18(24)22-15-10-12(20)4-9-17(15)25-2/h4-11H,3H2,1-2H3,(H,21,23)(H,22,24). The summed E-state index contributed by atoms with van der Waals surface area (Å²) in [5.41, 5.74) is 1.65. The van der Waals surface area contributed by atoms with Crippen LogP contribution in [0.1, 0.15) is 17.4 Å². The third-order valence-corrected chi connectivity index (χ3v) is 4.56. The molecule has 0 aliphatic rings. The molecule has 0 spiro atoms. The Morgan fingerprint density at radius 2 is 2.00 bits per heavy atom. The quantitative estimate of drug-likeness (QED) is 0.567. The summed E-state index contributed by atoms with van der Waals surface area (Å²) in [6, 6.07) is 12.5. The number of benzene rings is 2. The molecular formula is C19H18ClN3O3S. The Bertz CT molecular complexity index is 928. The zero-order valence-electron chi connectivity index (χ0n) is 14.8. The summed E-state index contributed by atoms with van der Waals surface area (Å²) in [4.78, 5) is 16.8. The molecule has 27 heavy (non-hydrogen) atoms. The molecular weight excluding hydrogens is 386 g/mol. The molecule has 0 radical (unpaired) electrons. The van der Waals surface area contributed by atoms with Gasteiger partial charge in [-0.15, -0.1) is 11.3 Å². The van der Waals surface area contributed by atoms with Crippen LogP contribution in [0.3, 0.4) is 0 Å². The average molecular weight is 404 g/mol. The molecule has 0 saturated heterocycles. The van der Waals surface area contributed by atoms with Crippen molar-refractivity contribution in [3.8, 4) is 11.5 Å². The average Bonchev–Trinajstić information content (AvgIpc) is 3.12. The molecule has 0 bridgehead atoms. The number of halogens is 1. The first-order valence-electron chi connectivity index (χ1n) is 8.19. The van der Waals surface area contributed by atoms with E-state index in [-0.39, 0.29) is 5.91 Å². The SMILES string of the molecule is CCOc1ccc(Nc2nc(C(=O)Nc3cc(Cl)ccc3OC)cs2)cc1. The molecule has 0 aliphatic heterocycles. The van der Waals surface area contributed by atoms with Crippen LogP contribution in [0.2, 0.25) is 5.02 Å². The second-order valence-corrected chi connectivity index (χ2v) is 6.71. The lowest BCUT2D eigenvalue weighted by Crippen LogP contribution is -2.13. The second kappa shape index (κ2) is 8.75.